The van der Waals surface area contributed by atoms with Gasteiger partial charge in [-0.05, 0) is 25.8 Å². The first kappa shape index (κ1) is 17.2. The maximum absolute atomic E-state index is 12.2. The van der Waals surface area contributed by atoms with E-state index in [4.69, 9.17) is 5.73 Å². The van der Waals surface area contributed by atoms with Gasteiger partial charge in [-0.2, -0.15) is 0 Å². The van der Waals surface area contributed by atoms with Crippen molar-refractivity contribution in [2.45, 2.75) is 45.2 Å². The van der Waals surface area contributed by atoms with E-state index in [0.29, 0.717) is 0 Å². The molecular formula is C16H25N3O2. The van der Waals surface area contributed by atoms with Crippen molar-refractivity contribution in [3.63, 3.8) is 0 Å². The van der Waals surface area contributed by atoms with E-state index < -0.39 is 5.54 Å². The fourth-order valence-electron chi connectivity index (χ4n) is 1.84. The van der Waals surface area contributed by atoms with Gasteiger partial charge in [0.25, 0.3) is 0 Å². The minimum absolute atomic E-state index is 0.0666. The van der Waals surface area contributed by atoms with Crippen molar-refractivity contribution in [3.8, 4) is 0 Å². The van der Waals surface area contributed by atoms with Gasteiger partial charge in [-0.25, -0.2) is 0 Å². The van der Waals surface area contributed by atoms with Crippen LogP contribution >= 0.6 is 0 Å². The molecule has 1 rings (SSSR count). The Labute approximate surface area is 126 Å². The third-order valence-electron chi connectivity index (χ3n) is 3.50. The Bertz CT molecular complexity index is 472. The van der Waals surface area contributed by atoms with Crippen molar-refractivity contribution in [1.29, 1.82) is 0 Å². The lowest BCUT2D eigenvalue weighted by Crippen LogP contribution is -2.49. The Morgan fingerprint density at radius 1 is 1.29 bits per heavy atom. The number of carbonyl (C=O) groups excluding carboxylic acids is 2. The Hall–Kier alpha value is -1.88. The fraction of sp³-hybridized carbons (Fsp3) is 0.500. The lowest BCUT2D eigenvalue weighted by Gasteiger charge is -2.24. The molecular weight excluding hydrogens is 266 g/mol. The average molecular weight is 291 g/mol. The zero-order valence-electron chi connectivity index (χ0n) is 13.0. The molecule has 0 aromatic heterocycles. The number of amides is 2. The van der Waals surface area contributed by atoms with Crippen LogP contribution in [0, 0.1) is 0 Å². The van der Waals surface area contributed by atoms with E-state index in [0.717, 1.165) is 12.0 Å². The number of nitrogens with two attached hydrogens (primary N) is 1. The second kappa shape index (κ2) is 7.78. The highest BCUT2D eigenvalue weighted by molar-refractivity contribution is 5.87. The number of nitrogens with one attached hydrogen (secondary N) is 2. The summed E-state index contributed by atoms with van der Waals surface area (Å²) < 4.78 is 0. The third-order valence-corrected chi connectivity index (χ3v) is 3.50. The van der Waals surface area contributed by atoms with E-state index in [9.17, 15) is 9.59 Å². The van der Waals surface area contributed by atoms with Gasteiger partial charge in [0.2, 0.25) is 11.8 Å². The van der Waals surface area contributed by atoms with E-state index in [2.05, 4.69) is 10.6 Å². The zero-order valence-corrected chi connectivity index (χ0v) is 13.0. The Balaban J connectivity index is 2.45. The van der Waals surface area contributed by atoms with Gasteiger partial charge in [0.05, 0.1) is 0 Å². The SMILES string of the molecule is CCC(C)NC(=O)CCNC(=O)C(C)(N)c1ccccc1. The molecule has 0 spiro atoms. The number of rotatable bonds is 7. The summed E-state index contributed by atoms with van der Waals surface area (Å²) in [5.74, 6) is -0.354. The highest BCUT2D eigenvalue weighted by Gasteiger charge is 2.29. The van der Waals surface area contributed by atoms with Crippen molar-refractivity contribution in [2.75, 3.05) is 6.54 Å². The maximum Gasteiger partial charge on any atom is 0.244 e. The van der Waals surface area contributed by atoms with Crippen molar-refractivity contribution in [2.24, 2.45) is 5.73 Å². The second-order valence-electron chi connectivity index (χ2n) is 5.45. The van der Waals surface area contributed by atoms with Crippen LogP contribution in [-0.4, -0.2) is 24.4 Å². The molecule has 1 aromatic rings. The number of carbonyl (C=O) groups is 2. The summed E-state index contributed by atoms with van der Waals surface area (Å²) in [5, 5.41) is 5.57. The quantitative estimate of drug-likeness (QED) is 0.707. The summed E-state index contributed by atoms with van der Waals surface area (Å²) in [6, 6.07) is 9.33. The van der Waals surface area contributed by atoms with Crippen LogP contribution in [0.25, 0.3) is 0 Å². The fourth-order valence-corrected chi connectivity index (χ4v) is 1.84. The Morgan fingerprint density at radius 2 is 1.90 bits per heavy atom. The van der Waals surface area contributed by atoms with Crippen molar-refractivity contribution >= 4 is 11.8 Å². The molecule has 5 heteroatoms. The minimum Gasteiger partial charge on any atom is -0.354 e. The number of hydrogen-bond donors (Lipinski definition) is 3. The van der Waals surface area contributed by atoms with E-state index in [1.165, 1.54) is 0 Å². The molecule has 0 bridgehead atoms. The van der Waals surface area contributed by atoms with Crippen LogP contribution in [0.4, 0.5) is 0 Å². The summed E-state index contributed by atoms with van der Waals surface area (Å²) in [4.78, 5) is 23.8. The number of benzene rings is 1. The van der Waals surface area contributed by atoms with Gasteiger partial charge in [0.15, 0.2) is 0 Å². The first-order valence-corrected chi connectivity index (χ1v) is 7.30. The van der Waals surface area contributed by atoms with Crippen LogP contribution in [0.1, 0.15) is 39.2 Å². The molecule has 0 saturated heterocycles. The molecule has 0 saturated carbocycles. The van der Waals surface area contributed by atoms with E-state index in [-0.39, 0.29) is 30.8 Å². The summed E-state index contributed by atoms with van der Waals surface area (Å²) in [6.45, 7) is 5.90. The molecule has 2 unspecified atom stereocenters. The molecule has 4 N–H and O–H groups in total. The van der Waals surface area contributed by atoms with Gasteiger partial charge < -0.3 is 16.4 Å². The van der Waals surface area contributed by atoms with Crippen molar-refractivity contribution in [1.82, 2.24) is 10.6 Å². The summed E-state index contributed by atoms with van der Waals surface area (Å²) >= 11 is 0. The molecule has 21 heavy (non-hydrogen) atoms. The Kier molecular flexibility index (Phi) is 6.37. The third kappa shape index (κ3) is 5.19. The van der Waals surface area contributed by atoms with Crippen LogP contribution in [0.15, 0.2) is 30.3 Å². The minimum atomic E-state index is -1.10. The molecule has 5 nitrogen and oxygen atoms in total. The van der Waals surface area contributed by atoms with Gasteiger partial charge in [0, 0.05) is 19.0 Å². The van der Waals surface area contributed by atoms with Gasteiger partial charge in [0.1, 0.15) is 5.54 Å². The van der Waals surface area contributed by atoms with Crippen LogP contribution in [0.5, 0.6) is 0 Å². The van der Waals surface area contributed by atoms with E-state index in [1.807, 2.05) is 44.2 Å². The molecule has 0 aliphatic carbocycles. The smallest absolute Gasteiger partial charge is 0.244 e. The van der Waals surface area contributed by atoms with Crippen LogP contribution in [0.2, 0.25) is 0 Å². The lowest BCUT2D eigenvalue weighted by molar-refractivity contribution is -0.126. The molecule has 0 aliphatic heterocycles. The molecule has 0 heterocycles. The first-order chi connectivity index (χ1) is 9.87. The molecule has 0 aliphatic rings. The lowest BCUT2D eigenvalue weighted by atomic mass is 9.92. The topological polar surface area (TPSA) is 84.2 Å². The molecule has 2 atom stereocenters. The normalized spacial score (nSPS) is 14.9. The molecule has 2 amide bonds. The van der Waals surface area contributed by atoms with Gasteiger partial charge in [-0.3, -0.25) is 9.59 Å². The maximum atomic E-state index is 12.2. The van der Waals surface area contributed by atoms with Crippen molar-refractivity contribution < 1.29 is 9.59 Å². The Morgan fingerprint density at radius 3 is 2.48 bits per heavy atom. The summed E-state index contributed by atoms with van der Waals surface area (Å²) in [7, 11) is 0. The second-order valence-corrected chi connectivity index (χ2v) is 5.45. The largest absolute Gasteiger partial charge is 0.354 e. The summed E-state index contributed by atoms with van der Waals surface area (Å²) in [6.07, 6.45) is 1.13. The molecule has 0 fully saturated rings. The zero-order chi connectivity index (χ0) is 15.9. The predicted octanol–water partition coefficient (Wildman–Crippen LogP) is 1.28. The average Bonchev–Trinajstić information content (AvgIpc) is 2.47. The standard InChI is InChI=1S/C16H25N3O2/c1-4-12(2)19-14(20)10-11-18-15(21)16(3,17)13-8-6-5-7-9-13/h5-9,12H,4,10-11,17H2,1-3H3,(H,18,21)(H,19,20). The van der Waals surface area contributed by atoms with Crippen molar-refractivity contribution in [3.05, 3.63) is 35.9 Å². The van der Waals surface area contributed by atoms with Gasteiger partial charge in [-0.1, -0.05) is 37.3 Å². The van der Waals surface area contributed by atoms with E-state index >= 15 is 0 Å². The van der Waals surface area contributed by atoms with Crippen LogP contribution in [-0.2, 0) is 15.1 Å². The monoisotopic (exact) mass is 291 g/mol. The molecule has 116 valence electrons. The van der Waals surface area contributed by atoms with Crippen LogP contribution in [0.3, 0.4) is 0 Å². The number of hydrogen-bond acceptors (Lipinski definition) is 3. The predicted molar refractivity (Wildman–Crippen MR) is 83.5 cm³/mol. The highest BCUT2D eigenvalue weighted by atomic mass is 16.2. The summed E-state index contributed by atoms with van der Waals surface area (Å²) in [5.41, 5.74) is 5.73. The van der Waals surface area contributed by atoms with Crippen LogP contribution < -0.4 is 16.4 Å². The molecule has 0 radical (unpaired) electrons. The van der Waals surface area contributed by atoms with Gasteiger partial charge >= 0.3 is 0 Å². The van der Waals surface area contributed by atoms with Gasteiger partial charge in [-0.15, -0.1) is 0 Å². The first-order valence-electron chi connectivity index (χ1n) is 7.30. The molecule has 1 aromatic carbocycles. The van der Waals surface area contributed by atoms with E-state index in [1.54, 1.807) is 6.92 Å². The highest BCUT2D eigenvalue weighted by Crippen LogP contribution is 2.17.